The molecule has 0 bridgehead atoms. The number of carbonyl (C=O) groups is 1. The molecule has 9 nitrogen and oxygen atoms in total. The third-order valence-electron chi connectivity index (χ3n) is 5.00. The number of para-hydroxylation sites is 1. The number of hydrogen-bond acceptors (Lipinski definition) is 8. The van der Waals surface area contributed by atoms with E-state index in [2.05, 4.69) is 20.4 Å². The number of non-ortho nitro benzene ring substituents is 1. The van der Waals surface area contributed by atoms with E-state index < -0.39 is 4.92 Å². The lowest BCUT2D eigenvalue weighted by atomic mass is 10.1. The summed E-state index contributed by atoms with van der Waals surface area (Å²) in [4.78, 5) is 32.1. The highest BCUT2D eigenvalue weighted by Crippen LogP contribution is 2.28. The molecule has 2 aromatic heterocycles. The average molecular weight is 447 g/mol. The highest BCUT2D eigenvalue weighted by molar-refractivity contribution is 7.98. The molecule has 2 heterocycles. The third-order valence-corrected chi connectivity index (χ3v) is 5.89. The molecule has 1 aliphatic rings. The minimum atomic E-state index is -0.461. The summed E-state index contributed by atoms with van der Waals surface area (Å²) >= 11 is 1.39. The Labute approximate surface area is 186 Å². The molecule has 0 unspecified atom stereocenters. The minimum absolute atomic E-state index is 0.00284. The second-order valence-electron chi connectivity index (χ2n) is 7.38. The summed E-state index contributed by atoms with van der Waals surface area (Å²) < 4.78 is 5.32. The highest BCUT2D eigenvalue weighted by Gasteiger charge is 2.25. The van der Waals surface area contributed by atoms with Crippen LogP contribution in [0.5, 0.6) is 0 Å². The first-order valence-electron chi connectivity index (χ1n) is 9.98. The van der Waals surface area contributed by atoms with Crippen LogP contribution in [0.3, 0.4) is 0 Å². The Kier molecular flexibility index (Phi) is 5.28. The van der Waals surface area contributed by atoms with Gasteiger partial charge in [-0.2, -0.15) is 4.98 Å². The Bertz CT molecular complexity index is 1320. The van der Waals surface area contributed by atoms with Gasteiger partial charge in [0.05, 0.1) is 26.8 Å². The SMILES string of the molecule is O=C(NC1CC1)c1cc(SCc2nc(-c3ccc([N+](=O)[O-])cc3)no2)nc2ccccc12. The molecule has 1 saturated carbocycles. The van der Waals surface area contributed by atoms with Crippen molar-refractivity contribution in [1.29, 1.82) is 0 Å². The molecule has 0 aliphatic heterocycles. The molecule has 1 fully saturated rings. The number of nitro benzene ring substituents is 1. The molecule has 5 rings (SSSR count). The highest BCUT2D eigenvalue weighted by atomic mass is 32.2. The van der Waals surface area contributed by atoms with Gasteiger partial charge in [-0.15, -0.1) is 0 Å². The van der Waals surface area contributed by atoms with Gasteiger partial charge in [-0.1, -0.05) is 35.1 Å². The van der Waals surface area contributed by atoms with E-state index >= 15 is 0 Å². The zero-order valence-electron chi connectivity index (χ0n) is 16.7. The molecule has 160 valence electrons. The van der Waals surface area contributed by atoms with E-state index in [-0.39, 0.29) is 17.6 Å². The maximum Gasteiger partial charge on any atom is 0.269 e. The smallest absolute Gasteiger partial charge is 0.269 e. The number of aromatic nitrogens is 3. The topological polar surface area (TPSA) is 124 Å². The third kappa shape index (κ3) is 4.30. The van der Waals surface area contributed by atoms with Crippen molar-refractivity contribution in [3.63, 3.8) is 0 Å². The summed E-state index contributed by atoms with van der Waals surface area (Å²) in [5.41, 5.74) is 1.97. The van der Waals surface area contributed by atoms with Crippen LogP contribution in [0.1, 0.15) is 29.1 Å². The van der Waals surface area contributed by atoms with E-state index in [1.165, 1.54) is 23.9 Å². The molecule has 1 aliphatic carbocycles. The Morgan fingerprint density at radius 1 is 1.16 bits per heavy atom. The van der Waals surface area contributed by atoms with E-state index in [1.54, 1.807) is 18.2 Å². The van der Waals surface area contributed by atoms with Crippen molar-refractivity contribution in [3.05, 3.63) is 76.2 Å². The standard InChI is InChI=1S/C22H17N5O4S/c28-22(23-14-7-8-14)17-11-20(24-18-4-2-1-3-16(17)18)32-12-19-25-21(26-31-19)13-5-9-15(10-6-13)27(29)30/h1-6,9-11,14H,7-8,12H2,(H,23,28). The summed E-state index contributed by atoms with van der Waals surface area (Å²) in [6.45, 7) is 0. The molecule has 2 aromatic carbocycles. The van der Waals surface area contributed by atoms with Crippen LogP contribution in [0.25, 0.3) is 22.3 Å². The fraction of sp³-hybridized carbons (Fsp3) is 0.182. The van der Waals surface area contributed by atoms with Gasteiger partial charge in [0.2, 0.25) is 11.7 Å². The van der Waals surface area contributed by atoms with Gasteiger partial charge in [0.25, 0.3) is 11.6 Å². The second kappa shape index (κ2) is 8.39. The first-order valence-corrected chi connectivity index (χ1v) is 11.0. The zero-order chi connectivity index (χ0) is 22.1. The predicted molar refractivity (Wildman–Crippen MR) is 118 cm³/mol. The average Bonchev–Trinajstić information content (AvgIpc) is 3.50. The van der Waals surface area contributed by atoms with Crippen molar-refractivity contribution in [2.75, 3.05) is 0 Å². The predicted octanol–water partition coefficient (Wildman–Crippen LogP) is 4.38. The van der Waals surface area contributed by atoms with Crippen molar-refractivity contribution < 1.29 is 14.2 Å². The summed E-state index contributed by atoms with van der Waals surface area (Å²) in [5, 5.41) is 19.3. The number of thioether (sulfide) groups is 1. The lowest BCUT2D eigenvalue weighted by Crippen LogP contribution is -2.25. The van der Waals surface area contributed by atoms with Crippen LogP contribution in [0, 0.1) is 10.1 Å². The molecule has 0 saturated heterocycles. The number of carbonyl (C=O) groups excluding carboxylic acids is 1. The molecule has 32 heavy (non-hydrogen) atoms. The van der Waals surface area contributed by atoms with Crippen LogP contribution in [0.2, 0.25) is 0 Å². The number of benzene rings is 2. The molecule has 10 heteroatoms. The van der Waals surface area contributed by atoms with E-state index in [0.717, 1.165) is 23.7 Å². The zero-order valence-corrected chi connectivity index (χ0v) is 17.5. The van der Waals surface area contributed by atoms with Crippen LogP contribution in [-0.4, -0.2) is 32.0 Å². The molecule has 0 spiro atoms. The van der Waals surface area contributed by atoms with Crippen LogP contribution in [-0.2, 0) is 5.75 Å². The summed E-state index contributed by atoms with van der Waals surface area (Å²) in [7, 11) is 0. The van der Waals surface area contributed by atoms with Gasteiger partial charge in [0, 0.05) is 29.1 Å². The van der Waals surface area contributed by atoms with Gasteiger partial charge >= 0.3 is 0 Å². The van der Waals surface area contributed by atoms with Crippen molar-refractivity contribution in [3.8, 4) is 11.4 Å². The number of hydrogen-bond donors (Lipinski definition) is 1. The number of nitrogens with one attached hydrogen (secondary N) is 1. The van der Waals surface area contributed by atoms with Gasteiger partial charge in [-0.25, -0.2) is 4.98 Å². The summed E-state index contributed by atoms with van der Waals surface area (Å²) in [6, 6.07) is 15.6. The van der Waals surface area contributed by atoms with E-state index in [4.69, 9.17) is 4.52 Å². The molecule has 1 N–H and O–H groups in total. The van der Waals surface area contributed by atoms with Crippen LogP contribution >= 0.6 is 11.8 Å². The molecule has 0 radical (unpaired) electrons. The van der Waals surface area contributed by atoms with Crippen molar-refractivity contribution >= 4 is 34.3 Å². The normalized spacial score (nSPS) is 13.2. The number of fused-ring (bicyclic) bond motifs is 1. The van der Waals surface area contributed by atoms with Gasteiger partial charge in [0.1, 0.15) is 0 Å². The number of pyridine rings is 1. The van der Waals surface area contributed by atoms with E-state index in [0.29, 0.717) is 33.6 Å². The maximum absolute atomic E-state index is 12.7. The fourth-order valence-corrected chi connectivity index (χ4v) is 3.96. The van der Waals surface area contributed by atoms with Crippen molar-refractivity contribution in [2.45, 2.75) is 29.7 Å². The number of nitrogens with zero attached hydrogens (tertiary/aromatic N) is 4. The molecule has 4 aromatic rings. The Balaban J connectivity index is 1.34. The maximum atomic E-state index is 12.7. The number of nitro groups is 1. The van der Waals surface area contributed by atoms with Gasteiger partial charge < -0.3 is 9.84 Å². The Morgan fingerprint density at radius 3 is 2.69 bits per heavy atom. The lowest BCUT2D eigenvalue weighted by Gasteiger charge is -2.09. The largest absolute Gasteiger partial charge is 0.349 e. The molecule has 0 atom stereocenters. The van der Waals surface area contributed by atoms with Crippen LogP contribution < -0.4 is 5.32 Å². The monoisotopic (exact) mass is 447 g/mol. The summed E-state index contributed by atoms with van der Waals surface area (Å²) in [6.07, 6.45) is 2.04. The van der Waals surface area contributed by atoms with Crippen LogP contribution in [0.4, 0.5) is 5.69 Å². The quantitative estimate of drug-likeness (QED) is 0.251. The molecular weight excluding hydrogens is 430 g/mol. The lowest BCUT2D eigenvalue weighted by molar-refractivity contribution is -0.384. The minimum Gasteiger partial charge on any atom is -0.349 e. The molecule has 1 amide bonds. The number of rotatable bonds is 7. The first-order chi connectivity index (χ1) is 15.6. The van der Waals surface area contributed by atoms with Crippen molar-refractivity contribution in [2.24, 2.45) is 0 Å². The van der Waals surface area contributed by atoms with Gasteiger partial charge in [0.15, 0.2) is 0 Å². The van der Waals surface area contributed by atoms with Crippen LogP contribution in [0.15, 0.2) is 64.1 Å². The van der Waals surface area contributed by atoms with Gasteiger partial charge in [-0.3, -0.25) is 14.9 Å². The van der Waals surface area contributed by atoms with E-state index in [9.17, 15) is 14.9 Å². The second-order valence-corrected chi connectivity index (χ2v) is 8.37. The molecular formula is C22H17N5O4S. The Morgan fingerprint density at radius 2 is 1.94 bits per heavy atom. The number of amides is 1. The van der Waals surface area contributed by atoms with Gasteiger partial charge in [-0.05, 0) is 37.1 Å². The van der Waals surface area contributed by atoms with E-state index in [1.807, 2.05) is 24.3 Å². The fourth-order valence-electron chi connectivity index (χ4n) is 3.20. The Hall–Kier alpha value is -3.79. The summed E-state index contributed by atoms with van der Waals surface area (Å²) in [5.74, 6) is 1.02. The van der Waals surface area contributed by atoms with Crippen molar-refractivity contribution in [1.82, 2.24) is 20.4 Å². The first kappa shape index (κ1) is 20.1.